The van der Waals surface area contributed by atoms with Crippen molar-refractivity contribution in [1.82, 2.24) is 0 Å². The number of aliphatic hydroxyl groups is 1. The lowest BCUT2D eigenvalue weighted by Gasteiger charge is -2.18. The van der Waals surface area contributed by atoms with E-state index >= 15 is 0 Å². The van der Waals surface area contributed by atoms with Gasteiger partial charge in [0, 0.05) is 31.4 Å². The van der Waals surface area contributed by atoms with Gasteiger partial charge in [0.2, 0.25) is 5.91 Å². The lowest BCUT2D eigenvalue weighted by molar-refractivity contribution is -0.116. The Morgan fingerprint density at radius 2 is 1.78 bits per heavy atom. The first-order valence-electron chi connectivity index (χ1n) is 7.95. The van der Waals surface area contributed by atoms with E-state index in [4.69, 9.17) is 5.11 Å². The van der Waals surface area contributed by atoms with Crippen LogP contribution in [0.3, 0.4) is 0 Å². The van der Waals surface area contributed by atoms with E-state index in [-0.39, 0.29) is 12.5 Å². The van der Waals surface area contributed by atoms with Crippen LogP contribution >= 0.6 is 0 Å². The Morgan fingerprint density at radius 1 is 1.09 bits per heavy atom. The summed E-state index contributed by atoms with van der Waals surface area (Å²) >= 11 is 0. The maximum atomic E-state index is 12.0. The second-order valence-corrected chi connectivity index (χ2v) is 5.58. The molecule has 2 aromatic carbocycles. The van der Waals surface area contributed by atoms with Gasteiger partial charge in [0.05, 0.1) is 6.61 Å². The molecule has 23 heavy (non-hydrogen) atoms. The molecule has 0 saturated heterocycles. The Morgan fingerprint density at radius 3 is 2.43 bits per heavy atom. The molecule has 122 valence electrons. The molecule has 0 heterocycles. The zero-order valence-corrected chi connectivity index (χ0v) is 13.5. The minimum Gasteiger partial charge on any atom is -0.395 e. The fourth-order valence-corrected chi connectivity index (χ4v) is 2.40. The largest absolute Gasteiger partial charge is 0.395 e. The highest BCUT2D eigenvalue weighted by atomic mass is 16.3. The monoisotopic (exact) mass is 312 g/mol. The number of aliphatic hydroxyl groups excluding tert-OH is 1. The number of anilines is 2. The van der Waals surface area contributed by atoms with Crippen LogP contribution in [0.15, 0.2) is 54.6 Å². The minimum atomic E-state index is 0.0393. The average Bonchev–Trinajstić information content (AvgIpc) is 2.57. The maximum Gasteiger partial charge on any atom is 0.224 e. The Balaban J connectivity index is 1.76. The third-order valence-electron chi connectivity index (χ3n) is 3.74. The van der Waals surface area contributed by atoms with Crippen molar-refractivity contribution in [3.8, 4) is 0 Å². The first kappa shape index (κ1) is 17.0. The highest BCUT2D eigenvalue weighted by Crippen LogP contribution is 2.17. The van der Waals surface area contributed by atoms with Crippen LogP contribution in [0.1, 0.15) is 18.4 Å². The van der Waals surface area contributed by atoms with E-state index in [1.807, 2.05) is 54.4 Å². The average molecular weight is 312 g/mol. The molecule has 4 nitrogen and oxygen atoms in total. The first-order chi connectivity index (χ1) is 11.2. The molecular formula is C19H24N2O2. The molecule has 0 unspecified atom stereocenters. The van der Waals surface area contributed by atoms with Crippen LogP contribution in [0.4, 0.5) is 11.4 Å². The fourth-order valence-electron chi connectivity index (χ4n) is 2.40. The number of aryl methyl sites for hydroxylation is 1. The van der Waals surface area contributed by atoms with Gasteiger partial charge in [-0.05, 0) is 42.7 Å². The van der Waals surface area contributed by atoms with Crippen LogP contribution in [0, 0.1) is 0 Å². The fraction of sp³-hybridized carbons (Fsp3) is 0.316. The van der Waals surface area contributed by atoms with E-state index in [9.17, 15) is 4.79 Å². The molecule has 4 heteroatoms. The summed E-state index contributed by atoms with van der Waals surface area (Å²) in [4.78, 5) is 13.9. The van der Waals surface area contributed by atoms with Gasteiger partial charge in [-0.3, -0.25) is 4.79 Å². The summed E-state index contributed by atoms with van der Waals surface area (Å²) in [6.07, 6.45) is 2.27. The number of hydrogen-bond acceptors (Lipinski definition) is 3. The van der Waals surface area contributed by atoms with Gasteiger partial charge >= 0.3 is 0 Å². The van der Waals surface area contributed by atoms with Crippen molar-refractivity contribution in [3.63, 3.8) is 0 Å². The van der Waals surface area contributed by atoms with Crippen molar-refractivity contribution in [3.05, 3.63) is 60.2 Å². The number of benzene rings is 2. The van der Waals surface area contributed by atoms with Gasteiger partial charge in [0.1, 0.15) is 0 Å². The van der Waals surface area contributed by atoms with Crippen molar-refractivity contribution in [2.75, 3.05) is 30.4 Å². The highest BCUT2D eigenvalue weighted by Gasteiger charge is 2.04. The third-order valence-corrected chi connectivity index (χ3v) is 3.74. The van der Waals surface area contributed by atoms with Crippen molar-refractivity contribution in [2.24, 2.45) is 0 Å². The zero-order chi connectivity index (χ0) is 16.5. The molecule has 2 rings (SSSR count). The molecular weight excluding hydrogens is 288 g/mol. The molecule has 0 aliphatic heterocycles. The van der Waals surface area contributed by atoms with Gasteiger partial charge in [-0.1, -0.05) is 30.3 Å². The quantitative estimate of drug-likeness (QED) is 0.787. The number of rotatable bonds is 8. The van der Waals surface area contributed by atoms with E-state index in [1.54, 1.807) is 0 Å². The number of nitrogens with one attached hydrogen (secondary N) is 1. The molecule has 2 aromatic rings. The van der Waals surface area contributed by atoms with Crippen LogP contribution in [-0.2, 0) is 11.2 Å². The summed E-state index contributed by atoms with van der Waals surface area (Å²) in [6.45, 7) is 0.710. The SMILES string of the molecule is CN(CCO)c1ccc(NC(=O)CCCc2ccccc2)cc1. The molecule has 0 fully saturated rings. The predicted molar refractivity (Wildman–Crippen MR) is 94.8 cm³/mol. The molecule has 2 N–H and O–H groups in total. The van der Waals surface area contributed by atoms with Gasteiger partial charge in [0.25, 0.3) is 0 Å². The third kappa shape index (κ3) is 5.75. The zero-order valence-electron chi connectivity index (χ0n) is 13.5. The number of nitrogens with zero attached hydrogens (tertiary/aromatic N) is 1. The van der Waals surface area contributed by atoms with Crippen LogP contribution in [-0.4, -0.2) is 31.2 Å². The van der Waals surface area contributed by atoms with Gasteiger partial charge in [0.15, 0.2) is 0 Å². The molecule has 1 amide bonds. The number of amides is 1. The smallest absolute Gasteiger partial charge is 0.224 e. The number of hydrogen-bond donors (Lipinski definition) is 2. The predicted octanol–water partition coefficient (Wildman–Crippen LogP) is 3.08. The van der Waals surface area contributed by atoms with Crippen molar-refractivity contribution >= 4 is 17.3 Å². The lowest BCUT2D eigenvalue weighted by Crippen LogP contribution is -2.21. The Hall–Kier alpha value is -2.33. The van der Waals surface area contributed by atoms with E-state index in [0.29, 0.717) is 13.0 Å². The Bertz CT molecular complexity index is 597. The minimum absolute atomic E-state index is 0.0393. The van der Waals surface area contributed by atoms with Crippen molar-refractivity contribution in [2.45, 2.75) is 19.3 Å². The molecule has 0 spiro atoms. The summed E-state index contributed by atoms with van der Waals surface area (Å²) in [6, 6.07) is 17.9. The van der Waals surface area contributed by atoms with Gasteiger partial charge < -0.3 is 15.3 Å². The van der Waals surface area contributed by atoms with E-state index in [1.165, 1.54) is 5.56 Å². The van der Waals surface area contributed by atoms with Crippen LogP contribution in [0.5, 0.6) is 0 Å². The molecule has 0 radical (unpaired) electrons. The Labute approximate surface area is 137 Å². The summed E-state index contributed by atoms with van der Waals surface area (Å²) in [5.74, 6) is 0.0393. The van der Waals surface area contributed by atoms with E-state index < -0.39 is 0 Å². The molecule has 0 atom stereocenters. The second kappa shape index (κ2) is 8.96. The van der Waals surface area contributed by atoms with Crippen molar-refractivity contribution in [1.29, 1.82) is 0 Å². The van der Waals surface area contributed by atoms with E-state index in [0.717, 1.165) is 24.2 Å². The van der Waals surface area contributed by atoms with Crippen molar-refractivity contribution < 1.29 is 9.90 Å². The summed E-state index contributed by atoms with van der Waals surface area (Å²) < 4.78 is 0. The molecule has 0 aliphatic rings. The summed E-state index contributed by atoms with van der Waals surface area (Å²) in [5, 5.41) is 11.9. The van der Waals surface area contributed by atoms with E-state index in [2.05, 4.69) is 17.4 Å². The number of likely N-dealkylation sites (N-methyl/N-ethyl adjacent to an activating group) is 1. The number of carbonyl (C=O) groups is 1. The van der Waals surface area contributed by atoms with Gasteiger partial charge in [-0.2, -0.15) is 0 Å². The summed E-state index contributed by atoms with van der Waals surface area (Å²) in [7, 11) is 1.92. The van der Waals surface area contributed by atoms with Gasteiger partial charge in [-0.25, -0.2) is 0 Å². The Kier molecular flexibility index (Phi) is 6.63. The summed E-state index contributed by atoms with van der Waals surface area (Å²) in [5.41, 5.74) is 3.08. The maximum absolute atomic E-state index is 12.0. The number of carbonyl (C=O) groups excluding carboxylic acids is 1. The topological polar surface area (TPSA) is 52.6 Å². The lowest BCUT2D eigenvalue weighted by atomic mass is 10.1. The van der Waals surface area contributed by atoms with Crippen LogP contribution in [0.2, 0.25) is 0 Å². The highest BCUT2D eigenvalue weighted by molar-refractivity contribution is 5.90. The van der Waals surface area contributed by atoms with Gasteiger partial charge in [-0.15, -0.1) is 0 Å². The van der Waals surface area contributed by atoms with Crippen LogP contribution < -0.4 is 10.2 Å². The molecule has 0 aromatic heterocycles. The standard InChI is InChI=1S/C19H24N2O2/c1-21(14-15-22)18-12-10-17(11-13-18)20-19(23)9-5-8-16-6-3-2-4-7-16/h2-4,6-7,10-13,22H,5,8-9,14-15H2,1H3,(H,20,23). The van der Waals surface area contributed by atoms with Crippen LogP contribution in [0.25, 0.3) is 0 Å². The normalized spacial score (nSPS) is 10.3. The molecule has 0 bridgehead atoms. The second-order valence-electron chi connectivity index (χ2n) is 5.58. The first-order valence-corrected chi connectivity index (χ1v) is 7.95. The molecule has 0 saturated carbocycles. The molecule has 0 aliphatic carbocycles.